The molecule has 1 atom stereocenters. The molecule has 0 fully saturated rings. The summed E-state index contributed by atoms with van der Waals surface area (Å²) in [5, 5.41) is 0. The van der Waals surface area contributed by atoms with E-state index in [9.17, 15) is 4.79 Å². The van der Waals surface area contributed by atoms with Gasteiger partial charge in [-0.2, -0.15) is 0 Å². The Morgan fingerprint density at radius 2 is 2.09 bits per heavy atom. The van der Waals surface area contributed by atoms with Crippen LogP contribution in [0.2, 0.25) is 0 Å². The van der Waals surface area contributed by atoms with Crippen LogP contribution in [0, 0.1) is 6.92 Å². The van der Waals surface area contributed by atoms with E-state index >= 15 is 0 Å². The van der Waals surface area contributed by atoms with Crippen LogP contribution in [0.4, 0.5) is 0 Å². The standard InChI is InChI=1S/C18H15BrO4/c1-10-2-3-16-13(4-10)15(20)7-17(23-16)14-6-12(19)5-11-8-21-9-22-18(11)14/h2-6,17H,7-9H2,1H3/t17-/m1/s1. The third kappa shape index (κ3) is 2.64. The predicted octanol–water partition coefficient (Wildman–Crippen LogP) is 4.33. The molecule has 0 bridgehead atoms. The number of aryl methyl sites for hydroxylation is 1. The molecule has 0 spiro atoms. The van der Waals surface area contributed by atoms with Crippen molar-refractivity contribution in [1.82, 2.24) is 0 Å². The molecule has 2 aromatic rings. The predicted molar refractivity (Wildman–Crippen MR) is 87.9 cm³/mol. The summed E-state index contributed by atoms with van der Waals surface area (Å²) in [7, 11) is 0. The third-order valence-electron chi connectivity index (χ3n) is 4.13. The first-order valence-electron chi connectivity index (χ1n) is 7.45. The molecule has 23 heavy (non-hydrogen) atoms. The van der Waals surface area contributed by atoms with E-state index in [4.69, 9.17) is 14.2 Å². The second kappa shape index (κ2) is 5.65. The largest absolute Gasteiger partial charge is 0.484 e. The van der Waals surface area contributed by atoms with Gasteiger partial charge in [0.25, 0.3) is 0 Å². The lowest BCUT2D eigenvalue weighted by molar-refractivity contribution is -0.0184. The fraction of sp³-hybridized carbons (Fsp3) is 0.278. The summed E-state index contributed by atoms with van der Waals surface area (Å²) in [6, 6.07) is 9.63. The van der Waals surface area contributed by atoms with Crippen molar-refractivity contribution in [3.8, 4) is 11.5 Å². The van der Waals surface area contributed by atoms with Gasteiger partial charge in [-0.3, -0.25) is 4.79 Å². The molecule has 2 aliphatic heterocycles. The first-order chi connectivity index (χ1) is 11.1. The van der Waals surface area contributed by atoms with E-state index in [1.165, 1.54) is 0 Å². The number of ketones is 1. The molecule has 0 saturated heterocycles. The van der Waals surface area contributed by atoms with Crippen molar-refractivity contribution in [2.75, 3.05) is 6.79 Å². The molecule has 2 aromatic carbocycles. The summed E-state index contributed by atoms with van der Waals surface area (Å²) < 4.78 is 18.0. The maximum atomic E-state index is 12.5. The Morgan fingerprint density at radius 1 is 1.22 bits per heavy atom. The van der Waals surface area contributed by atoms with Crippen molar-refractivity contribution in [3.63, 3.8) is 0 Å². The second-order valence-corrected chi connectivity index (χ2v) is 6.74. The van der Waals surface area contributed by atoms with Gasteiger partial charge in [0, 0.05) is 15.6 Å². The molecule has 0 amide bonds. The average molecular weight is 375 g/mol. The average Bonchev–Trinajstić information content (AvgIpc) is 2.54. The minimum atomic E-state index is -0.345. The van der Waals surface area contributed by atoms with E-state index < -0.39 is 0 Å². The van der Waals surface area contributed by atoms with Gasteiger partial charge in [-0.1, -0.05) is 27.6 Å². The van der Waals surface area contributed by atoms with Gasteiger partial charge in [-0.05, 0) is 31.2 Å². The van der Waals surface area contributed by atoms with Crippen LogP contribution in [0.1, 0.15) is 39.6 Å². The van der Waals surface area contributed by atoms with Gasteiger partial charge in [0.15, 0.2) is 12.6 Å². The second-order valence-electron chi connectivity index (χ2n) is 5.83. The number of halogens is 1. The topological polar surface area (TPSA) is 44.8 Å². The van der Waals surface area contributed by atoms with Gasteiger partial charge in [0.2, 0.25) is 0 Å². The van der Waals surface area contributed by atoms with E-state index in [0.717, 1.165) is 26.9 Å². The van der Waals surface area contributed by atoms with Crippen molar-refractivity contribution >= 4 is 21.7 Å². The highest BCUT2D eigenvalue weighted by Crippen LogP contribution is 2.42. The lowest BCUT2D eigenvalue weighted by atomic mass is 9.93. The van der Waals surface area contributed by atoms with Crippen molar-refractivity contribution in [2.24, 2.45) is 0 Å². The Hall–Kier alpha value is -1.85. The molecular weight excluding hydrogens is 360 g/mol. The van der Waals surface area contributed by atoms with E-state index in [2.05, 4.69) is 15.9 Å². The first-order valence-corrected chi connectivity index (χ1v) is 8.24. The van der Waals surface area contributed by atoms with Gasteiger partial charge < -0.3 is 14.2 Å². The number of hydrogen-bond donors (Lipinski definition) is 0. The molecule has 118 valence electrons. The van der Waals surface area contributed by atoms with Gasteiger partial charge in [0.1, 0.15) is 17.6 Å². The summed E-state index contributed by atoms with van der Waals surface area (Å²) >= 11 is 3.51. The van der Waals surface area contributed by atoms with Crippen LogP contribution < -0.4 is 9.47 Å². The number of rotatable bonds is 1. The summed E-state index contributed by atoms with van der Waals surface area (Å²) in [6.07, 6.45) is -0.0362. The quantitative estimate of drug-likeness (QED) is 0.744. The van der Waals surface area contributed by atoms with Crippen LogP contribution in [0.15, 0.2) is 34.8 Å². The SMILES string of the molecule is Cc1ccc2c(c1)C(=O)C[C@H](c1cc(Br)cc3c1OCOC3)O2. The number of carbonyl (C=O) groups is 1. The van der Waals surface area contributed by atoms with Gasteiger partial charge in [0.05, 0.1) is 18.6 Å². The van der Waals surface area contributed by atoms with Crippen molar-refractivity contribution in [2.45, 2.75) is 26.1 Å². The first kappa shape index (κ1) is 14.7. The fourth-order valence-corrected chi connectivity index (χ4v) is 3.58. The lowest BCUT2D eigenvalue weighted by Gasteiger charge is -2.29. The zero-order chi connectivity index (χ0) is 16.0. The Kier molecular flexibility index (Phi) is 3.62. The maximum absolute atomic E-state index is 12.5. The molecule has 5 heteroatoms. The highest BCUT2D eigenvalue weighted by molar-refractivity contribution is 9.10. The Bertz CT molecular complexity index is 800. The number of carbonyl (C=O) groups excluding carboxylic acids is 1. The molecular formula is C18H15BrO4. The summed E-state index contributed by atoms with van der Waals surface area (Å²) in [6.45, 7) is 2.69. The van der Waals surface area contributed by atoms with Gasteiger partial charge in [-0.15, -0.1) is 0 Å². The molecule has 0 saturated carbocycles. The monoisotopic (exact) mass is 374 g/mol. The van der Waals surface area contributed by atoms with Crippen LogP contribution in [0.5, 0.6) is 11.5 Å². The third-order valence-corrected chi connectivity index (χ3v) is 4.58. The molecule has 4 rings (SSSR count). The molecule has 0 aliphatic carbocycles. The minimum Gasteiger partial charge on any atom is -0.484 e. The van der Waals surface area contributed by atoms with E-state index in [1.54, 1.807) is 0 Å². The smallest absolute Gasteiger partial charge is 0.189 e. The molecule has 0 unspecified atom stereocenters. The molecule has 0 aromatic heterocycles. The summed E-state index contributed by atoms with van der Waals surface area (Å²) in [5.74, 6) is 1.51. The highest BCUT2D eigenvalue weighted by Gasteiger charge is 2.31. The Balaban J connectivity index is 1.76. The highest BCUT2D eigenvalue weighted by atomic mass is 79.9. The Morgan fingerprint density at radius 3 is 2.96 bits per heavy atom. The number of ether oxygens (including phenoxy) is 3. The van der Waals surface area contributed by atoms with Crippen LogP contribution >= 0.6 is 15.9 Å². The summed E-state index contributed by atoms with van der Waals surface area (Å²) in [4.78, 5) is 12.5. The number of hydrogen-bond acceptors (Lipinski definition) is 4. The van der Waals surface area contributed by atoms with Crippen LogP contribution in [-0.4, -0.2) is 12.6 Å². The van der Waals surface area contributed by atoms with E-state index in [0.29, 0.717) is 24.3 Å². The van der Waals surface area contributed by atoms with Crippen LogP contribution in [-0.2, 0) is 11.3 Å². The van der Waals surface area contributed by atoms with Crippen molar-refractivity contribution in [1.29, 1.82) is 0 Å². The zero-order valence-electron chi connectivity index (χ0n) is 12.6. The number of fused-ring (bicyclic) bond motifs is 2. The normalized spacial score (nSPS) is 19.4. The number of Topliss-reactive ketones (excluding diaryl/α,β-unsaturated/α-hetero) is 1. The minimum absolute atomic E-state index is 0.0979. The lowest BCUT2D eigenvalue weighted by Crippen LogP contribution is -2.23. The van der Waals surface area contributed by atoms with Crippen molar-refractivity contribution in [3.05, 3.63) is 57.1 Å². The maximum Gasteiger partial charge on any atom is 0.189 e. The molecule has 0 radical (unpaired) electrons. The number of benzene rings is 2. The molecule has 2 aliphatic rings. The fourth-order valence-electron chi connectivity index (χ4n) is 3.06. The summed E-state index contributed by atoms with van der Waals surface area (Å²) in [5.41, 5.74) is 3.57. The molecule has 0 N–H and O–H groups in total. The van der Waals surface area contributed by atoms with Crippen LogP contribution in [0.3, 0.4) is 0 Å². The van der Waals surface area contributed by atoms with E-state index in [-0.39, 0.29) is 18.7 Å². The zero-order valence-corrected chi connectivity index (χ0v) is 14.2. The van der Waals surface area contributed by atoms with Gasteiger partial charge in [-0.25, -0.2) is 0 Å². The van der Waals surface area contributed by atoms with Crippen molar-refractivity contribution < 1.29 is 19.0 Å². The Labute approximate surface area is 142 Å². The van der Waals surface area contributed by atoms with E-state index in [1.807, 2.05) is 37.3 Å². The van der Waals surface area contributed by atoms with Gasteiger partial charge >= 0.3 is 0 Å². The molecule has 2 heterocycles. The molecule has 4 nitrogen and oxygen atoms in total. The van der Waals surface area contributed by atoms with Crippen LogP contribution in [0.25, 0.3) is 0 Å².